The van der Waals surface area contributed by atoms with Crippen LogP contribution in [0.15, 0.2) is 33.4 Å². The van der Waals surface area contributed by atoms with Crippen LogP contribution in [0.5, 0.6) is 0 Å². The van der Waals surface area contributed by atoms with Crippen LogP contribution in [0.2, 0.25) is 0 Å². The van der Waals surface area contributed by atoms with Crippen molar-refractivity contribution >= 4 is 18.4 Å². The lowest BCUT2D eigenvalue weighted by Gasteiger charge is -2.23. The fourth-order valence-corrected chi connectivity index (χ4v) is 4.01. The van der Waals surface area contributed by atoms with Gasteiger partial charge in [-0.15, -0.1) is 12.4 Å². The molecule has 1 saturated carbocycles. The number of nitrogens with zero attached hydrogens (tertiary/aromatic N) is 2. The van der Waals surface area contributed by atoms with Gasteiger partial charge in [0.25, 0.3) is 0 Å². The first-order valence-electron chi connectivity index (χ1n) is 7.63. The summed E-state index contributed by atoms with van der Waals surface area (Å²) in [6.45, 7) is 2.06. The average Bonchev–Trinajstić information content (AvgIpc) is 3.22. The molecule has 1 aliphatic carbocycles. The topological polar surface area (TPSA) is 79.7 Å². The SMILES string of the molecule is Cl.O=C(O)[C@@]12CCC[C@H]1CN(Cc1cc(-c3ccco3)on1)C2. The summed E-state index contributed by atoms with van der Waals surface area (Å²) in [7, 11) is 0. The minimum atomic E-state index is -0.645. The first kappa shape index (κ1) is 16.1. The van der Waals surface area contributed by atoms with E-state index in [1.165, 1.54) is 0 Å². The minimum absolute atomic E-state index is 0. The van der Waals surface area contributed by atoms with Crippen molar-refractivity contribution in [3.63, 3.8) is 0 Å². The molecule has 1 saturated heterocycles. The predicted molar refractivity (Wildman–Crippen MR) is 84.1 cm³/mol. The molecule has 0 aromatic carbocycles. The summed E-state index contributed by atoms with van der Waals surface area (Å²) in [5.41, 5.74) is 0.264. The van der Waals surface area contributed by atoms with Crippen molar-refractivity contribution < 1.29 is 18.8 Å². The molecule has 2 aromatic heterocycles. The molecule has 2 fully saturated rings. The number of halogens is 1. The number of furan rings is 1. The number of hydrogen-bond donors (Lipinski definition) is 1. The van der Waals surface area contributed by atoms with E-state index in [0.29, 0.717) is 24.6 Å². The molecule has 124 valence electrons. The maximum absolute atomic E-state index is 11.7. The van der Waals surface area contributed by atoms with Gasteiger partial charge in [0.1, 0.15) is 0 Å². The molecule has 3 heterocycles. The molecule has 4 rings (SSSR count). The summed E-state index contributed by atoms with van der Waals surface area (Å²) < 4.78 is 10.6. The Morgan fingerprint density at radius 1 is 1.48 bits per heavy atom. The van der Waals surface area contributed by atoms with Crippen molar-refractivity contribution in [1.82, 2.24) is 10.1 Å². The largest absolute Gasteiger partial charge is 0.481 e. The highest BCUT2D eigenvalue weighted by molar-refractivity contribution is 5.85. The molecule has 2 aromatic rings. The maximum Gasteiger partial charge on any atom is 0.311 e. The number of hydrogen-bond acceptors (Lipinski definition) is 5. The minimum Gasteiger partial charge on any atom is -0.481 e. The van der Waals surface area contributed by atoms with Gasteiger partial charge in [0.2, 0.25) is 5.76 Å². The summed E-state index contributed by atoms with van der Waals surface area (Å²) in [4.78, 5) is 13.9. The van der Waals surface area contributed by atoms with Crippen molar-refractivity contribution in [2.45, 2.75) is 25.8 Å². The second kappa shape index (κ2) is 6.02. The van der Waals surface area contributed by atoms with Crippen molar-refractivity contribution in [2.75, 3.05) is 13.1 Å². The van der Waals surface area contributed by atoms with E-state index >= 15 is 0 Å². The molecule has 1 aliphatic heterocycles. The van der Waals surface area contributed by atoms with Crippen molar-refractivity contribution in [3.05, 3.63) is 30.2 Å². The number of rotatable bonds is 4. The third kappa shape index (κ3) is 2.66. The Labute approximate surface area is 139 Å². The van der Waals surface area contributed by atoms with Crippen LogP contribution in [0.3, 0.4) is 0 Å². The van der Waals surface area contributed by atoms with Crippen LogP contribution in [0, 0.1) is 11.3 Å². The first-order valence-corrected chi connectivity index (χ1v) is 7.63. The lowest BCUT2D eigenvalue weighted by atomic mass is 9.81. The Balaban J connectivity index is 0.00000156. The Morgan fingerprint density at radius 2 is 2.35 bits per heavy atom. The quantitative estimate of drug-likeness (QED) is 0.923. The van der Waals surface area contributed by atoms with Gasteiger partial charge in [-0.3, -0.25) is 9.69 Å². The number of likely N-dealkylation sites (tertiary alicyclic amines) is 1. The van der Waals surface area contributed by atoms with Crippen LogP contribution in [0.1, 0.15) is 25.0 Å². The molecule has 6 nitrogen and oxygen atoms in total. The summed E-state index contributed by atoms with van der Waals surface area (Å²) in [6, 6.07) is 5.49. The van der Waals surface area contributed by atoms with Crippen LogP contribution in [-0.2, 0) is 11.3 Å². The van der Waals surface area contributed by atoms with E-state index in [9.17, 15) is 9.90 Å². The number of carboxylic acid groups (broad SMARTS) is 1. The summed E-state index contributed by atoms with van der Waals surface area (Å²) in [5, 5.41) is 13.7. The van der Waals surface area contributed by atoms with Crippen molar-refractivity contribution in [3.8, 4) is 11.5 Å². The molecular formula is C16H19ClN2O4. The van der Waals surface area contributed by atoms with Crippen LogP contribution in [0.4, 0.5) is 0 Å². The second-order valence-electron chi connectivity index (χ2n) is 6.38. The van der Waals surface area contributed by atoms with E-state index in [0.717, 1.165) is 31.5 Å². The monoisotopic (exact) mass is 338 g/mol. The maximum atomic E-state index is 11.7. The van der Waals surface area contributed by atoms with E-state index in [2.05, 4.69) is 10.1 Å². The average molecular weight is 339 g/mol. The zero-order chi connectivity index (χ0) is 15.2. The van der Waals surface area contributed by atoms with Gasteiger partial charge in [-0.25, -0.2) is 0 Å². The van der Waals surface area contributed by atoms with E-state index in [4.69, 9.17) is 8.94 Å². The predicted octanol–water partition coefficient (Wildman–Crippen LogP) is 3.04. The zero-order valence-electron chi connectivity index (χ0n) is 12.6. The van der Waals surface area contributed by atoms with Gasteiger partial charge in [-0.2, -0.15) is 0 Å². The Morgan fingerprint density at radius 3 is 3.04 bits per heavy atom. The molecular weight excluding hydrogens is 320 g/mol. The fourth-order valence-electron chi connectivity index (χ4n) is 4.01. The zero-order valence-corrected chi connectivity index (χ0v) is 13.4. The smallest absolute Gasteiger partial charge is 0.311 e. The standard InChI is InChI=1S/C16H18N2O4.ClH/c19-15(20)16-5-1-3-11(16)8-18(10-16)9-12-7-14(22-17-12)13-4-2-6-21-13;/h2,4,6-7,11H,1,3,5,8-10H2,(H,19,20);1H/t11-,16+;/m0./s1. The van der Waals surface area contributed by atoms with Crippen molar-refractivity contribution in [2.24, 2.45) is 11.3 Å². The molecule has 23 heavy (non-hydrogen) atoms. The van der Waals surface area contributed by atoms with Crippen molar-refractivity contribution in [1.29, 1.82) is 0 Å². The third-order valence-corrected chi connectivity index (χ3v) is 5.08. The molecule has 0 bridgehead atoms. The summed E-state index contributed by atoms with van der Waals surface area (Å²) in [6.07, 6.45) is 4.42. The Kier molecular flexibility index (Phi) is 4.21. The normalized spacial score (nSPS) is 26.9. The Hall–Kier alpha value is -1.79. The molecule has 2 aliphatic rings. The molecule has 2 atom stereocenters. The molecule has 7 heteroatoms. The number of carboxylic acids is 1. The summed E-state index contributed by atoms with van der Waals surface area (Å²) in [5.74, 6) is 0.877. The van der Waals surface area contributed by atoms with E-state index in [-0.39, 0.29) is 18.3 Å². The summed E-state index contributed by atoms with van der Waals surface area (Å²) >= 11 is 0. The van der Waals surface area contributed by atoms with Gasteiger partial charge in [0, 0.05) is 25.7 Å². The molecule has 1 N–H and O–H groups in total. The van der Waals surface area contributed by atoms with Crippen LogP contribution < -0.4 is 0 Å². The highest BCUT2D eigenvalue weighted by Crippen LogP contribution is 2.49. The molecule has 0 amide bonds. The van der Waals surface area contributed by atoms with Gasteiger partial charge < -0.3 is 14.0 Å². The molecule has 0 radical (unpaired) electrons. The number of carbonyl (C=O) groups is 1. The first-order chi connectivity index (χ1) is 10.7. The second-order valence-corrected chi connectivity index (χ2v) is 6.38. The lowest BCUT2D eigenvalue weighted by molar-refractivity contribution is -0.149. The number of aromatic nitrogens is 1. The third-order valence-electron chi connectivity index (χ3n) is 5.08. The number of fused-ring (bicyclic) bond motifs is 1. The highest BCUT2D eigenvalue weighted by Gasteiger charge is 2.54. The van der Waals surface area contributed by atoms with E-state index in [1.54, 1.807) is 12.3 Å². The van der Waals surface area contributed by atoms with E-state index in [1.807, 2.05) is 12.1 Å². The number of aliphatic carboxylic acids is 1. The molecule has 0 spiro atoms. The Bertz CT molecular complexity index is 684. The highest BCUT2D eigenvalue weighted by atomic mass is 35.5. The van der Waals surface area contributed by atoms with Gasteiger partial charge in [-0.05, 0) is 30.9 Å². The van der Waals surface area contributed by atoms with Gasteiger partial charge >= 0.3 is 5.97 Å². The van der Waals surface area contributed by atoms with Crippen LogP contribution in [-0.4, -0.2) is 34.2 Å². The van der Waals surface area contributed by atoms with Gasteiger partial charge in [0.15, 0.2) is 5.76 Å². The van der Waals surface area contributed by atoms with Crippen LogP contribution in [0.25, 0.3) is 11.5 Å². The van der Waals surface area contributed by atoms with Crippen LogP contribution >= 0.6 is 12.4 Å². The van der Waals surface area contributed by atoms with E-state index < -0.39 is 11.4 Å². The van der Waals surface area contributed by atoms with Gasteiger partial charge in [-0.1, -0.05) is 11.6 Å². The fraction of sp³-hybridized carbons (Fsp3) is 0.500. The van der Waals surface area contributed by atoms with Gasteiger partial charge in [0.05, 0.1) is 17.4 Å². The lowest BCUT2D eigenvalue weighted by Crippen LogP contribution is -2.35. The molecule has 0 unspecified atom stereocenters.